The van der Waals surface area contributed by atoms with E-state index < -0.39 is 47.4 Å². The van der Waals surface area contributed by atoms with E-state index in [0.29, 0.717) is 5.52 Å². The first-order chi connectivity index (χ1) is 17.1. The Balaban J connectivity index is 1.60. The standard InChI is InChI=1S/C24H28F3N7O3/c1-22(2,3)18(32-21(37)24(25,26)27)20(36)33-10-13-16(23(13,4)5)17(33)19(35)31-14(8-28)15-11-34-12(9-29-15)6-7-30-34/h6-7,9,11,13-14,16-18H,10H2,1-5H3,(H,31,35)(H,32,37)/t13-,14+,16-,17-,18?/m0/s1. The van der Waals surface area contributed by atoms with Crippen molar-refractivity contribution in [3.8, 4) is 6.07 Å². The predicted octanol–water partition coefficient (Wildman–Crippen LogP) is 1.99. The van der Waals surface area contributed by atoms with E-state index in [-0.39, 0.29) is 29.5 Å². The number of aromatic nitrogens is 3. The third-order valence-electron chi connectivity index (χ3n) is 7.42. The fraction of sp³-hybridized carbons (Fsp3) is 0.583. The van der Waals surface area contributed by atoms with Gasteiger partial charge in [0.25, 0.3) is 0 Å². The maximum absolute atomic E-state index is 13.6. The predicted molar refractivity (Wildman–Crippen MR) is 123 cm³/mol. The first kappa shape index (κ1) is 26.4. The molecule has 3 amide bonds. The van der Waals surface area contributed by atoms with Crippen LogP contribution in [0.25, 0.3) is 5.52 Å². The first-order valence-corrected chi connectivity index (χ1v) is 11.7. The van der Waals surface area contributed by atoms with Gasteiger partial charge < -0.3 is 15.5 Å². The van der Waals surface area contributed by atoms with Crippen molar-refractivity contribution in [2.45, 2.75) is 58.9 Å². The number of fused-ring (bicyclic) bond motifs is 2. The normalized spacial score (nSPS) is 24.1. The van der Waals surface area contributed by atoms with Crippen molar-refractivity contribution in [1.29, 1.82) is 5.26 Å². The molecular formula is C24H28F3N7O3. The first-order valence-electron chi connectivity index (χ1n) is 11.7. The highest BCUT2D eigenvalue weighted by atomic mass is 19.4. The van der Waals surface area contributed by atoms with Crippen LogP contribution in [-0.2, 0) is 14.4 Å². The molecular weight excluding hydrogens is 491 g/mol. The molecule has 0 aromatic carbocycles. The average Bonchev–Trinajstić information content (AvgIpc) is 3.21. The molecule has 1 saturated heterocycles. The smallest absolute Gasteiger partial charge is 0.336 e. The Morgan fingerprint density at radius 1 is 1.22 bits per heavy atom. The number of nitrogens with one attached hydrogen (secondary N) is 2. The van der Waals surface area contributed by atoms with Crippen molar-refractivity contribution < 1.29 is 27.6 Å². The molecule has 5 atom stereocenters. The number of piperidine rings is 1. The monoisotopic (exact) mass is 519 g/mol. The maximum Gasteiger partial charge on any atom is 0.471 e. The third-order valence-corrected chi connectivity index (χ3v) is 7.42. The summed E-state index contributed by atoms with van der Waals surface area (Å²) in [5.41, 5.74) is -0.422. The van der Waals surface area contributed by atoms with Gasteiger partial charge in [0.2, 0.25) is 11.8 Å². The van der Waals surface area contributed by atoms with Crippen molar-refractivity contribution in [3.63, 3.8) is 0 Å². The van der Waals surface area contributed by atoms with Crippen molar-refractivity contribution in [1.82, 2.24) is 30.1 Å². The summed E-state index contributed by atoms with van der Waals surface area (Å²) >= 11 is 0. The van der Waals surface area contributed by atoms with Crippen LogP contribution >= 0.6 is 0 Å². The quantitative estimate of drug-likeness (QED) is 0.621. The fourth-order valence-electron chi connectivity index (χ4n) is 5.22. The van der Waals surface area contributed by atoms with Gasteiger partial charge in [-0.15, -0.1) is 0 Å². The van der Waals surface area contributed by atoms with E-state index >= 15 is 0 Å². The van der Waals surface area contributed by atoms with E-state index in [1.165, 1.54) is 42.6 Å². The molecule has 1 unspecified atom stereocenters. The largest absolute Gasteiger partial charge is 0.471 e. The molecule has 2 aromatic rings. The molecule has 3 heterocycles. The second-order valence-electron chi connectivity index (χ2n) is 11.2. The van der Waals surface area contributed by atoms with Crippen LogP contribution in [0.3, 0.4) is 0 Å². The van der Waals surface area contributed by atoms with Gasteiger partial charge in [-0.05, 0) is 28.7 Å². The van der Waals surface area contributed by atoms with Crippen LogP contribution in [0.2, 0.25) is 0 Å². The van der Waals surface area contributed by atoms with Gasteiger partial charge in [0.05, 0.1) is 35.9 Å². The lowest BCUT2D eigenvalue weighted by Gasteiger charge is -2.37. The SMILES string of the molecule is CC(C)(C)C(NC(=O)C(F)(F)F)C(=O)N1C[C@H]2[C@@H]([C@H]1C(=O)N[C@H](C#N)c1cn3nccc3cn1)C2(C)C. The van der Waals surface area contributed by atoms with E-state index in [4.69, 9.17) is 0 Å². The zero-order chi connectivity index (χ0) is 27.5. The summed E-state index contributed by atoms with van der Waals surface area (Å²) in [5, 5.41) is 18.3. The molecule has 4 rings (SSSR count). The van der Waals surface area contributed by atoms with Crippen LogP contribution in [0.1, 0.15) is 46.4 Å². The number of likely N-dealkylation sites (tertiary alicyclic amines) is 1. The summed E-state index contributed by atoms with van der Waals surface area (Å²) in [6.07, 6.45) is -0.603. The Bertz CT molecular complexity index is 1290. The number of halogens is 3. The third kappa shape index (κ3) is 4.72. The fourth-order valence-corrected chi connectivity index (χ4v) is 5.22. The lowest BCUT2D eigenvalue weighted by molar-refractivity contribution is -0.176. The van der Waals surface area contributed by atoms with E-state index in [9.17, 15) is 32.8 Å². The second-order valence-corrected chi connectivity index (χ2v) is 11.2. The molecule has 1 saturated carbocycles. The number of nitrogens with zero attached hydrogens (tertiary/aromatic N) is 5. The van der Waals surface area contributed by atoms with Crippen molar-refractivity contribution in [3.05, 3.63) is 30.4 Å². The van der Waals surface area contributed by atoms with Crippen molar-refractivity contribution in [2.75, 3.05) is 6.54 Å². The Morgan fingerprint density at radius 2 is 1.89 bits per heavy atom. The van der Waals surface area contributed by atoms with Gasteiger partial charge in [-0.1, -0.05) is 34.6 Å². The highest BCUT2D eigenvalue weighted by Crippen LogP contribution is 2.65. The summed E-state index contributed by atoms with van der Waals surface area (Å²) in [5.74, 6) is -3.93. The summed E-state index contributed by atoms with van der Waals surface area (Å²) in [6, 6.07) is 0.0166. The van der Waals surface area contributed by atoms with Gasteiger partial charge in [0.1, 0.15) is 12.1 Å². The van der Waals surface area contributed by atoms with Crippen LogP contribution < -0.4 is 10.6 Å². The van der Waals surface area contributed by atoms with Gasteiger partial charge in [0, 0.05) is 6.54 Å². The average molecular weight is 520 g/mol. The van der Waals surface area contributed by atoms with Gasteiger partial charge >= 0.3 is 12.1 Å². The van der Waals surface area contributed by atoms with Gasteiger partial charge in [0.15, 0.2) is 6.04 Å². The zero-order valence-corrected chi connectivity index (χ0v) is 21.0. The minimum atomic E-state index is -5.17. The lowest BCUT2D eigenvalue weighted by atomic mass is 9.85. The Morgan fingerprint density at radius 3 is 2.49 bits per heavy atom. The van der Waals surface area contributed by atoms with Crippen LogP contribution in [0.4, 0.5) is 13.2 Å². The van der Waals surface area contributed by atoms with Crippen LogP contribution in [0.5, 0.6) is 0 Å². The number of carbonyl (C=O) groups excluding carboxylic acids is 3. The van der Waals surface area contributed by atoms with Gasteiger partial charge in [-0.3, -0.25) is 19.4 Å². The van der Waals surface area contributed by atoms with E-state index in [1.807, 2.05) is 25.2 Å². The van der Waals surface area contributed by atoms with Crippen molar-refractivity contribution >= 4 is 23.2 Å². The number of hydrogen-bond donors (Lipinski definition) is 2. The Hall–Kier alpha value is -3.69. The number of amides is 3. The summed E-state index contributed by atoms with van der Waals surface area (Å²) in [4.78, 5) is 44.3. The minimum Gasteiger partial charge on any atom is -0.336 e. The summed E-state index contributed by atoms with van der Waals surface area (Å²) in [7, 11) is 0. The zero-order valence-electron chi connectivity index (χ0n) is 21.0. The van der Waals surface area contributed by atoms with E-state index in [1.54, 1.807) is 12.3 Å². The lowest BCUT2D eigenvalue weighted by Crippen LogP contribution is -2.60. The summed E-state index contributed by atoms with van der Waals surface area (Å²) < 4.78 is 40.5. The van der Waals surface area contributed by atoms with Gasteiger partial charge in [-0.2, -0.15) is 23.5 Å². The number of carbonyl (C=O) groups is 3. The number of hydrogen-bond acceptors (Lipinski definition) is 6. The molecule has 2 aromatic heterocycles. The second kappa shape index (κ2) is 8.71. The minimum absolute atomic E-state index is 0.0507. The molecule has 2 fully saturated rings. The molecule has 198 valence electrons. The molecule has 2 aliphatic rings. The van der Waals surface area contributed by atoms with Crippen LogP contribution in [0.15, 0.2) is 24.7 Å². The van der Waals surface area contributed by atoms with Crippen molar-refractivity contribution in [2.24, 2.45) is 22.7 Å². The number of rotatable bonds is 5. The maximum atomic E-state index is 13.6. The summed E-state index contributed by atoms with van der Waals surface area (Å²) in [6.45, 7) is 8.65. The highest BCUT2D eigenvalue weighted by Gasteiger charge is 2.70. The molecule has 0 spiro atoms. The molecule has 37 heavy (non-hydrogen) atoms. The van der Waals surface area contributed by atoms with Crippen LogP contribution in [0, 0.1) is 34.0 Å². The van der Waals surface area contributed by atoms with E-state index in [2.05, 4.69) is 15.4 Å². The topological polar surface area (TPSA) is 132 Å². The van der Waals surface area contributed by atoms with Crippen LogP contribution in [-0.4, -0.2) is 62.0 Å². The molecule has 0 bridgehead atoms. The van der Waals surface area contributed by atoms with Gasteiger partial charge in [-0.25, -0.2) is 4.52 Å². The number of alkyl halides is 3. The Kier molecular flexibility index (Phi) is 6.21. The number of nitriles is 1. The Labute approximate surface area is 211 Å². The molecule has 0 radical (unpaired) electrons. The van der Waals surface area contributed by atoms with E-state index in [0.717, 1.165) is 0 Å². The molecule has 1 aliphatic heterocycles. The molecule has 1 aliphatic carbocycles. The molecule has 2 N–H and O–H groups in total. The molecule has 13 heteroatoms. The highest BCUT2D eigenvalue weighted by molar-refractivity contribution is 5.95. The molecule has 10 nitrogen and oxygen atoms in total.